The number of amides is 1. The van der Waals surface area contributed by atoms with Crippen LogP contribution >= 0.6 is 0 Å². The minimum atomic E-state index is -0.609. The zero-order valence-corrected chi connectivity index (χ0v) is 17.0. The van der Waals surface area contributed by atoms with E-state index in [0.29, 0.717) is 31.4 Å². The molecule has 1 aromatic carbocycles. The van der Waals surface area contributed by atoms with E-state index in [1.165, 1.54) is 23.1 Å². The predicted octanol–water partition coefficient (Wildman–Crippen LogP) is 3.29. The van der Waals surface area contributed by atoms with Crippen molar-refractivity contribution in [1.82, 2.24) is 29.9 Å². The Morgan fingerprint density at radius 3 is 2.74 bits per heavy atom. The first-order chi connectivity index (χ1) is 15.0. The van der Waals surface area contributed by atoms with Crippen molar-refractivity contribution in [2.24, 2.45) is 0 Å². The topological polar surface area (TPSA) is 99.6 Å². The zero-order chi connectivity index (χ0) is 22.0. The van der Waals surface area contributed by atoms with E-state index in [1.54, 1.807) is 4.90 Å². The number of fused-ring (bicyclic) bond motifs is 1. The molecule has 1 fully saturated rings. The zero-order valence-electron chi connectivity index (χ0n) is 17.0. The summed E-state index contributed by atoms with van der Waals surface area (Å²) < 4.78 is 26.9. The van der Waals surface area contributed by atoms with Gasteiger partial charge in [0.25, 0.3) is 0 Å². The normalized spacial score (nSPS) is 14.6. The Kier molecular flexibility index (Phi) is 5.62. The SMILES string of the molecule is [C-]#[N+]c1ccc(-n2nnc3c(OC4CCN(C(=O)OC(C)C)CC4)ncnc32)c(F)c1. The molecule has 0 saturated carbocycles. The molecule has 0 radical (unpaired) electrons. The second-order valence-electron chi connectivity index (χ2n) is 7.34. The Morgan fingerprint density at radius 2 is 2.06 bits per heavy atom. The van der Waals surface area contributed by atoms with E-state index in [4.69, 9.17) is 16.0 Å². The molecule has 160 valence electrons. The van der Waals surface area contributed by atoms with Crippen LogP contribution < -0.4 is 4.74 Å². The van der Waals surface area contributed by atoms with Crippen LogP contribution in [-0.4, -0.2) is 61.3 Å². The number of carbonyl (C=O) groups is 1. The first kappa shape index (κ1) is 20.5. The maximum atomic E-state index is 14.4. The summed E-state index contributed by atoms with van der Waals surface area (Å²) in [6.07, 6.45) is 1.87. The second kappa shape index (κ2) is 8.51. The fourth-order valence-electron chi connectivity index (χ4n) is 3.30. The molecular formula is C20H20FN7O3. The number of hydrogen-bond donors (Lipinski definition) is 0. The van der Waals surface area contributed by atoms with Crippen LogP contribution in [-0.2, 0) is 4.74 Å². The van der Waals surface area contributed by atoms with E-state index < -0.39 is 5.82 Å². The molecule has 3 aromatic rings. The van der Waals surface area contributed by atoms with Gasteiger partial charge in [-0.3, -0.25) is 0 Å². The van der Waals surface area contributed by atoms with Gasteiger partial charge in [0.05, 0.1) is 12.7 Å². The van der Waals surface area contributed by atoms with Gasteiger partial charge in [-0.15, -0.1) is 5.10 Å². The third kappa shape index (κ3) is 4.23. The van der Waals surface area contributed by atoms with Crippen LogP contribution in [0.25, 0.3) is 21.7 Å². The van der Waals surface area contributed by atoms with Crippen molar-refractivity contribution in [3.05, 3.63) is 41.8 Å². The number of piperidine rings is 1. The van der Waals surface area contributed by atoms with Gasteiger partial charge < -0.3 is 14.4 Å². The molecule has 0 atom stereocenters. The molecular weight excluding hydrogens is 405 g/mol. The highest BCUT2D eigenvalue weighted by molar-refractivity contribution is 5.76. The molecule has 0 N–H and O–H groups in total. The molecule has 2 aromatic heterocycles. The lowest BCUT2D eigenvalue weighted by Gasteiger charge is -2.31. The number of halogens is 1. The maximum Gasteiger partial charge on any atom is 0.410 e. The van der Waals surface area contributed by atoms with Gasteiger partial charge >= 0.3 is 6.09 Å². The van der Waals surface area contributed by atoms with Crippen LogP contribution in [0.2, 0.25) is 0 Å². The Labute approximate surface area is 177 Å². The molecule has 0 aliphatic carbocycles. The quantitative estimate of drug-likeness (QED) is 0.592. The summed E-state index contributed by atoms with van der Waals surface area (Å²) in [6, 6.07) is 4.08. The van der Waals surface area contributed by atoms with Gasteiger partial charge in [-0.05, 0) is 26.0 Å². The third-order valence-corrected chi connectivity index (χ3v) is 4.81. The molecule has 1 amide bonds. The molecule has 0 spiro atoms. The summed E-state index contributed by atoms with van der Waals surface area (Å²) in [5.74, 6) is -0.361. The summed E-state index contributed by atoms with van der Waals surface area (Å²) >= 11 is 0. The second-order valence-corrected chi connectivity index (χ2v) is 7.34. The van der Waals surface area contributed by atoms with Crippen molar-refractivity contribution in [3.63, 3.8) is 0 Å². The lowest BCUT2D eigenvalue weighted by Crippen LogP contribution is -2.42. The van der Waals surface area contributed by atoms with Gasteiger partial charge in [0.1, 0.15) is 23.9 Å². The van der Waals surface area contributed by atoms with Gasteiger partial charge in [-0.25, -0.2) is 19.0 Å². The molecule has 1 saturated heterocycles. The molecule has 0 bridgehead atoms. The highest BCUT2D eigenvalue weighted by Crippen LogP contribution is 2.26. The third-order valence-electron chi connectivity index (χ3n) is 4.81. The standard InChI is InChI=1S/C20H20FN7O3/c1-12(2)30-20(29)27-8-6-14(7-9-27)31-19-17-18(23-11-24-19)28(26-25-17)16-5-4-13(22-3)10-15(16)21/h4-5,10-12,14H,6-9H2,1-2H3. The molecule has 0 unspecified atom stereocenters. The number of nitrogens with zero attached hydrogens (tertiary/aromatic N) is 7. The van der Waals surface area contributed by atoms with Crippen LogP contribution in [0.4, 0.5) is 14.9 Å². The maximum absolute atomic E-state index is 14.4. The number of likely N-dealkylation sites (tertiary alicyclic amines) is 1. The van der Waals surface area contributed by atoms with E-state index in [-0.39, 0.29) is 41.2 Å². The highest BCUT2D eigenvalue weighted by Gasteiger charge is 2.27. The number of benzene rings is 1. The van der Waals surface area contributed by atoms with Crippen LogP contribution in [0.5, 0.6) is 5.88 Å². The largest absolute Gasteiger partial charge is 0.472 e. The number of carbonyl (C=O) groups excluding carboxylic acids is 1. The molecule has 1 aliphatic heterocycles. The van der Waals surface area contributed by atoms with Crippen molar-refractivity contribution < 1.29 is 18.7 Å². The first-order valence-corrected chi connectivity index (χ1v) is 9.82. The number of hydrogen-bond acceptors (Lipinski definition) is 7. The van der Waals surface area contributed by atoms with Gasteiger partial charge in [0.2, 0.25) is 5.88 Å². The van der Waals surface area contributed by atoms with E-state index >= 15 is 0 Å². The van der Waals surface area contributed by atoms with Gasteiger partial charge in [0, 0.05) is 25.9 Å². The molecule has 4 rings (SSSR count). The molecule has 11 heteroatoms. The predicted molar refractivity (Wildman–Crippen MR) is 108 cm³/mol. The number of rotatable bonds is 4. The highest BCUT2D eigenvalue weighted by atomic mass is 19.1. The van der Waals surface area contributed by atoms with Crippen LogP contribution in [0.3, 0.4) is 0 Å². The average molecular weight is 425 g/mol. The summed E-state index contributed by atoms with van der Waals surface area (Å²) in [4.78, 5) is 25.2. The van der Waals surface area contributed by atoms with Crippen molar-refractivity contribution in [1.29, 1.82) is 0 Å². The smallest absolute Gasteiger partial charge is 0.410 e. The van der Waals surface area contributed by atoms with Crippen LogP contribution in [0, 0.1) is 12.4 Å². The van der Waals surface area contributed by atoms with Gasteiger partial charge in [0.15, 0.2) is 16.9 Å². The molecule has 10 nitrogen and oxygen atoms in total. The van der Waals surface area contributed by atoms with E-state index in [0.717, 1.165) is 6.07 Å². The fourth-order valence-corrected chi connectivity index (χ4v) is 3.30. The fraction of sp³-hybridized carbons (Fsp3) is 0.400. The van der Waals surface area contributed by atoms with Gasteiger partial charge in [-0.2, -0.15) is 9.67 Å². The van der Waals surface area contributed by atoms with Crippen molar-refractivity contribution >= 4 is 22.9 Å². The summed E-state index contributed by atoms with van der Waals surface area (Å²) in [6.45, 7) is 11.6. The van der Waals surface area contributed by atoms with Crippen molar-refractivity contribution in [2.45, 2.75) is 38.9 Å². The minimum absolute atomic E-state index is 0.122. The summed E-state index contributed by atoms with van der Waals surface area (Å²) in [5.41, 5.74) is 0.902. The van der Waals surface area contributed by atoms with Crippen LogP contribution in [0.15, 0.2) is 24.5 Å². The average Bonchev–Trinajstić information content (AvgIpc) is 3.18. The monoisotopic (exact) mass is 425 g/mol. The lowest BCUT2D eigenvalue weighted by atomic mass is 10.1. The summed E-state index contributed by atoms with van der Waals surface area (Å²) in [5, 5.41) is 8.07. The van der Waals surface area contributed by atoms with Gasteiger partial charge in [-0.1, -0.05) is 11.3 Å². The lowest BCUT2D eigenvalue weighted by molar-refractivity contribution is 0.0510. The van der Waals surface area contributed by atoms with E-state index in [1.807, 2.05) is 13.8 Å². The Hall–Kier alpha value is -3.81. The van der Waals surface area contributed by atoms with E-state index in [9.17, 15) is 9.18 Å². The number of ether oxygens (including phenoxy) is 2. The Morgan fingerprint density at radius 1 is 1.29 bits per heavy atom. The minimum Gasteiger partial charge on any atom is -0.472 e. The Bertz CT molecular complexity index is 1150. The van der Waals surface area contributed by atoms with Crippen LogP contribution in [0.1, 0.15) is 26.7 Å². The van der Waals surface area contributed by atoms with Crippen molar-refractivity contribution in [2.75, 3.05) is 13.1 Å². The number of aromatic nitrogens is 5. The first-order valence-electron chi connectivity index (χ1n) is 9.82. The Balaban J connectivity index is 1.51. The van der Waals surface area contributed by atoms with Crippen molar-refractivity contribution in [3.8, 4) is 11.6 Å². The molecule has 3 heterocycles. The molecule has 1 aliphatic rings. The van der Waals surface area contributed by atoms with E-state index in [2.05, 4.69) is 25.1 Å². The summed E-state index contributed by atoms with van der Waals surface area (Å²) in [7, 11) is 0. The molecule has 31 heavy (non-hydrogen) atoms.